The summed E-state index contributed by atoms with van der Waals surface area (Å²) in [6.45, 7) is 0. The summed E-state index contributed by atoms with van der Waals surface area (Å²) in [5, 5.41) is 15.4. The van der Waals surface area contributed by atoms with Gasteiger partial charge in [0, 0.05) is 6.04 Å². The monoisotopic (exact) mass is 196 g/mol. The summed E-state index contributed by atoms with van der Waals surface area (Å²) >= 11 is 4.96. The molecule has 0 saturated heterocycles. The van der Waals surface area contributed by atoms with Gasteiger partial charge < -0.3 is 5.32 Å². The van der Waals surface area contributed by atoms with Gasteiger partial charge in [-0.25, -0.2) is 0 Å². The fourth-order valence-electron chi connectivity index (χ4n) is 1.41. The van der Waals surface area contributed by atoms with Crippen LogP contribution in [-0.4, -0.2) is 17.4 Å². The van der Waals surface area contributed by atoms with E-state index in [0.29, 0.717) is 11.2 Å². The van der Waals surface area contributed by atoms with Crippen molar-refractivity contribution >= 4 is 23.5 Å². The molecule has 1 saturated carbocycles. The van der Waals surface area contributed by atoms with E-state index in [1.54, 1.807) is 6.07 Å². The Kier molecular flexibility index (Phi) is 4.19. The first-order chi connectivity index (χ1) is 6.33. The Hall–Kier alpha value is -1.15. The summed E-state index contributed by atoms with van der Waals surface area (Å²) in [7, 11) is 0. The van der Waals surface area contributed by atoms with Crippen LogP contribution in [0.4, 0.5) is 0 Å². The lowest BCUT2D eigenvalue weighted by Crippen LogP contribution is -2.38. The largest absolute Gasteiger partial charge is 0.359 e. The van der Waals surface area contributed by atoms with E-state index in [1.807, 2.05) is 0 Å². The Bertz CT molecular complexity index is 237. The normalized spacial score (nSPS) is 17.2. The van der Waals surface area contributed by atoms with Crippen LogP contribution in [0.15, 0.2) is 5.10 Å². The van der Waals surface area contributed by atoms with Gasteiger partial charge in [0.1, 0.15) is 12.3 Å². The van der Waals surface area contributed by atoms with Crippen molar-refractivity contribution in [1.29, 1.82) is 5.26 Å². The summed E-state index contributed by atoms with van der Waals surface area (Å²) < 4.78 is 0. The third-order valence-electron chi connectivity index (χ3n) is 1.98. The predicted molar refractivity (Wildman–Crippen MR) is 55.2 cm³/mol. The van der Waals surface area contributed by atoms with Crippen LogP contribution < -0.4 is 10.7 Å². The van der Waals surface area contributed by atoms with E-state index in [1.165, 1.54) is 25.7 Å². The van der Waals surface area contributed by atoms with Crippen LogP contribution in [-0.2, 0) is 0 Å². The fraction of sp³-hybridized carbons (Fsp3) is 0.625. The molecule has 0 aliphatic heterocycles. The summed E-state index contributed by atoms with van der Waals surface area (Å²) in [6, 6.07) is 2.26. The molecule has 0 spiro atoms. The molecule has 0 aromatic carbocycles. The second-order valence-corrected chi connectivity index (χ2v) is 3.36. The van der Waals surface area contributed by atoms with Crippen molar-refractivity contribution in [1.82, 2.24) is 10.7 Å². The number of thiocarbonyl (C=S) groups is 1. The van der Waals surface area contributed by atoms with Crippen molar-refractivity contribution in [2.75, 3.05) is 0 Å². The van der Waals surface area contributed by atoms with Crippen LogP contribution in [0.25, 0.3) is 0 Å². The highest BCUT2D eigenvalue weighted by Gasteiger charge is 2.14. The lowest BCUT2D eigenvalue weighted by atomic mass is 10.3. The van der Waals surface area contributed by atoms with Gasteiger partial charge >= 0.3 is 0 Å². The van der Waals surface area contributed by atoms with Crippen LogP contribution in [0.3, 0.4) is 0 Å². The van der Waals surface area contributed by atoms with E-state index in [9.17, 15) is 0 Å². The molecular formula is C8H12N4S. The number of hydrogen-bond acceptors (Lipinski definition) is 3. The molecular weight excluding hydrogens is 184 g/mol. The maximum absolute atomic E-state index is 8.16. The van der Waals surface area contributed by atoms with E-state index in [-0.39, 0.29) is 0 Å². The Morgan fingerprint density at radius 1 is 1.54 bits per heavy atom. The molecule has 0 atom stereocenters. The van der Waals surface area contributed by atoms with Crippen molar-refractivity contribution in [2.24, 2.45) is 5.10 Å². The summed E-state index contributed by atoms with van der Waals surface area (Å²) in [4.78, 5) is 0. The topological polar surface area (TPSA) is 60.2 Å². The van der Waals surface area contributed by atoms with Gasteiger partial charge in [-0.2, -0.15) is 10.4 Å². The fourth-order valence-corrected chi connectivity index (χ4v) is 1.63. The highest BCUT2D eigenvalue weighted by molar-refractivity contribution is 7.80. The van der Waals surface area contributed by atoms with Crippen molar-refractivity contribution in [3.63, 3.8) is 0 Å². The number of nitrogens with one attached hydrogen (secondary N) is 2. The number of hydrazone groups is 1. The first-order valence-electron chi connectivity index (χ1n) is 4.30. The number of rotatable bonds is 2. The number of nitriles is 1. The molecule has 0 amide bonds. The SMILES string of the molecule is N#C/C=N/NC(=S)NC1CCCC1. The highest BCUT2D eigenvalue weighted by Crippen LogP contribution is 2.17. The zero-order chi connectivity index (χ0) is 9.52. The number of nitrogens with zero attached hydrogens (tertiary/aromatic N) is 2. The van der Waals surface area contributed by atoms with Crippen LogP contribution in [0.2, 0.25) is 0 Å². The summed E-state index contributed by atoms with van der Waals surface area (Å²) in [5.74, 6) is 0. The molecule has 1 aliphatic rings. The standard InChI is InChI=1S/C8H12N4S/c9-5-6-10-12-8(13)11-7-3-1-2-4-7/h6-7H,1-4H2,(H2,11,12,13)/b10-6+. The zero-order valence-electron chi connectivity index (χ0n) is 7.29. The quantitative estimate of drug-likeness (QED) is 0.391. The van der Waals surface area contributed by atoms with Crippen LogP contribution in [0.5, 0.6) is 0 Å². The third-order valence-corrected chi connectivity index (χ3v) is 2.19. The molecule has 0 heterocycles. The summed E-state index contributed by atoms with van der Waals surface area (Å²) in [6.07, 6.45) is 5.99. The number of hydrogen-bond donors (Lipinski definition) is 2. The van der Waals surface area contributed by atoms with Crippen molar-refractivity contribution in [2.45, 2.75) is 31.7 Å². The highest BCUT2D eigenvalue weighted by atomic mass is 32.1. The van der Waals surface area contributed by atoms with Gasteiger partial charge in [-0.15, -0.1) is 0 Å². The minimum Gasteiger partial charge on any atom is -0.359 e. The molecule has 0 bridgehead atoms. The maximum atomic E-state index is 8.16. The average molecular weight is 196 g/mol. The second-order valence-electron chi connectivity index (χ2n) is 2.95. The zero-order valence-corrected chi connectivity index (χ0v) is 8.10. The van der Waals surface area contributed by atoms with Gasteiger partial charge in [-0.1, -0.05) is 12.8 Å². The first-order valence-corrected chi connectivity index (χ1v) is 4.71. The molecule has 13 heavy (non-hydrogen) atoms. The Morgan fingerprint density at radius 3 is 2.85 bits per heavy atom. The van der Waals surface area contributed by atoms with E-state index in [4.69, 9.17) is 17.5 Å². The average Bonchev–Trinajstić information content (AvgIpc) is 2.57. The van der Waals surface area contributed by atoms with Crippen LogP contribution in [0.1, 0.15) is 25.7 Å². The van der Waals surface area contributed by atoms with Gasteiger partial charge in [-0.3, -0.25) is 5.43 Å². The Labute approximate surface area is 83.0 Å². The Balaban J connectivity index is 2.17. The molecule has 1 aliphatic carbocycles. The molecule has 0 radical (unpaired) electrons. The summed E-state index contributed by atoms with van der Waals surface area (Å²) in [5.41, 5.74) is 2.58. The third kappa shape index (κ3) is 3.85. The maximum Gasteiger partial charge on any atom is 0.187 e. The molecule has 4 nitrogen and oxygen atoms in total. The van der Waals surface area contributed by atoms with Gasteiger partial charge in [0.25, 0.3) is 0 Å². The van der Waals surface area contributed by atoms with Crippen LogP contribution >= 0.6 is 12.2 Å². The van der Waals surface area contributed by atoms with Gasteiger partial charge in [0.05, 0.1) is 0 Å². The van der Waals surface area contributed by atoms with Crippen molar-refractivity contribution in [3.05, 3.63) is 0 Å². The molecule has 70 valence electrons. The molecule has 0 unspecified atom stereocenters. The molecule has 1 rings (SSSR count). The smallest absolute Gasteiger partial charge is 0.187 e. The van der Waals surface area contributed by atoms with E-state index >= 15 is 0 Å². The van der Waals surface area contributed by atoms with E-state index in [2.05, 4.69) is 15.8 Å². The molecule has 0 aromatic rings. The predicted octanol–water partition coefficient (Wildman–Crippen LogP) is 0.902. The van der Waals surface area contributed by atoms with Crippen molar-refractivity contribution in [3.8, 4) is 6.07 Å². The minimum atomic E-state index is 0.484. The lowest BCUT2D eigenvalue weighted by molar-refractivity contribution is 0.624. The molecule has 1 fully saturated rings. The van der Waals surface area contributed by atoms with Crippen molar-refractivity contribution < 1.29 is 0 Å². The van der Waals surface area contributed by atoms with E-state index < -0.39 is 0 Å². The van der Waals surface area contributed by atoms with Gasteiger partial charge in [0.2, 0.25) is 0 Å². The molecule has 5 heteroatoms. The lowest BCUT2D eigenvalue weighted by Gasteiger charge is -2.12. The van der Waals surface area contributed by atoms with Crippen LogP contribution in [0, 0.1) is 11.3 Å². The minimum absolute atomic E-state index is 0.484. The first kappa shape index (κ1) is 9.93. The molecule has 0 aromatic heterocycles. The van der Waals surface area contributed by atoms with Gasteiger partial charge in [0.15, 0.2) is 5.11 Å². The molecule has 2 N–H and O–H groups in total. The second kappa shape index (κ2) is 5.49. The Morgan fingerprint density at radius 2 is 2.23 bits per heavy atom. The van der Waals surface area contributed by atoms with E-state index in [0.717, 1.165) is 6.21 Å². The van der Waals surface area contributed by atoms with Gasteiger partial charge in [-0.05, 0) is 25.1 Å².